The Labute approximate surface area is 204 Å². The van der Waals surface area contributed by atoms with Crippen molar-refractivity contribution in [3.63, 3.8) is 0 Å². The summed E-state index contributed by atoms with van der Waals surface area (Å²) >= 11 is 0.925. The number of fused-ring (bicyclic) bond motifs is 1. The fourth-order valence-electron chi connectivity index (χ4n) is 3.74. The summed E-state index contributed by atoms with van der Waals surface area (Å²) < 4.78 is 8.68. The first-order chi connectivity index (χ1) is 16.8. The van der Waals surface area contributed by atoms with Crippen molar-refractivity contribution in [1.29, 1.82) is 0 Å². The molecule has 0 atom stereocenters. The maximum atomic E-state index is 13.1. The predicted octanol–water partition coefficient (Wildman–Crippen LogP) is 3.21. The zero-order valence-electron chi connectivity index (χ0n) is 19.8. The number of hydrogen-bond acceptors (Lipinski definition) is 8. The summed E-state index contributed by atoms with van der Waals surface area (Å²) in [4.78, 5) is 42.1. The van der Waals surface area contributed by atoms with Crippen LogP contribution in [0.5, 0.6) is 0 Å². The molecule has 0 fully saturated rings. The molecule has 0 aliphatic carbocycles. The Bertz CT molecular complexity index is 1450. The van der Waals surface area contributed by atoms with E-state index in [-0.39, 0.29) is 27.7 Å². The van der Waals surface area contributed by atoms with E-state index in [1.807, 2.05) is 25.5 Å². The van der Waals surface area contributed by atoms with Gasteiger partial charge in [-0.1, -0.05) is 6.92 Å². The first-order valence-corrected chi connectivity index (χ1v) is 11.9. The number of esters is 1. The highest BCUT2D eigenvalue weighted by atomic mass is 32.1. The van der Waals surface area contributed by atoms with Gasteiger partial charge in [-0.25, -0.2) is 14.3 Å². The van der Waals surface area contributed by atoms with Crippen LogP contribution < -0.4 is 11.1 Å². The van der Waals surface area contributed by atoms with E-state index in [9.17, 15) is 14.4 Å². The number of aromatic nitrogens is 5. The van der Waals surface area contributed by atoms with Crippen molar-refractivity contribution in [3.05, 3.63) is 51.9 Å². The van der Waals surface area contributed by atoms with Crippen LogP contribution in [-0.2, 0) is 11.3 Å². The number of primary amides is 1. The Hall–Kier alpha value is -4.06. The summed E-state index contributed by atoms with van der Waals surface area (Å²) in [6.07, 6.45) is 4.02. The number of nitrogens with one attached hydrogen (secondary N) is 1. The molecule has 0 bridgehead atoms. The maximum absolute atomic E-state index is 13.1. The summed E-state index contributed by atoms with van der Waals surface area (Å²) in [5, 5.41) is 11.7. The quantitative estimate of drug-likeness (QED) is 0.357. The summed E-state index contributed by atoms with van der Waals surface area (Å²) in [5.41, 5.74) is 9.06. The lowest BCUT2D eigenvalue weighted by Crippen LogP contribution is -2.16. The van der Waals surface area contributed by atoms with Gasteiger partial charge in [-0.3, -0.25) is 14.3 Å². The monoisotopic (exact) mass is 495 g/mol. The van der Waals surface area contributed by atoms with Crippen LogP contribution in [0.15, 0.2) is 24.5 Å². The molecule has 0 aliphatic rings. The zero-order chi connectivity index (χ0) is 25.3. The Morgan fingerprint density at radius 2 is 2.00 bits per heavy atom. The van der Waals surface area contributed by atoms with Crippen LogP contribution in [0.2, 0.25) is 0 Å². The second kappa shape index (κ2) is 9.66. The van der Waals surface area contributed by atoms with Crippen molar-refractivity contribution < 1.29 is 19.1 Å². The van der Waals surface area contributed by atoms with Crippen LogP contribution in [0.4, 0.5) is 5.00 Å². The highest BCUT2D eigenvalue weighted by molar-refractivity contribution is 7.18. The smallest absolute Gasteiger partial charge is 0.341 e. The molecule has 0 spiro atoms. The van der Waals surface area contributed by atoms with Crippen LogP contribution in [0, 0.1) is 13.8 Å². The van der Waals surface area contributed by atoms with Crippen LogP contribution >= 0.6 is 11.3 Å². The molecule has 182 valence electrons. The normalized spacial score (nSPS) is 11.1. The summed E-state index contributed by atoms with van der Waals surface area (Å²) in [5.74, 6) is -1.89. The van der Waals surface area contributed by atoms with E-state index in [1.165, 1.54) is 0 Å². The van der Waals surface area contributed by atoms with Crippen molar-refractivity contribution >= 4 is 39.8 Å². The van der Waals surface area contributed by atoms with Gasteiger partial charge < -0.3 is 15.8 Å². The number of carbonyl (C=O) groups excluding carboxylic acids is 3. The van der Waals surface area contributed by atoms with Gasteiger partial charge in [-0.2, -0.15) is 10.2 Å². The SMILES string of the molecule is CCCOC(=O)c1c(NC(=O)c2cc3nccc(-c4cnn(CC)c4C)n3n2)sc(C(N)=O)c1C. The largest absolute Gasteiger partial charge is 0.462 e. The molecular formula is C23H25N7O4S. The number of rotatable bonds is 8. The zero-order valence-corrected chi connectivity index (χ0v) is 20.6. The molecule has 4 heterocycles. The summed E-state index contributed by atoms with van der Waals surface area (Å²) in [7, 11) is 0. The second-order valence-electron chi connectivity index (χ2n) is 7.80. The molecular weight excluding hydrogens is 470 g/mol. The van der Waals surface area contributed by atoms with Gasteiger partial charge in [0, 0.05) is 30.1 Å². The molecule has 0 unspecified atom stereocenters. The van der Waals surface area contributed by atoms with Crippen LogP contribution in [0.3, 0.4) is 0 Å². The molecule has 4 rings (SSSR count). The minimum Gasteiger partial charge on any atom is -0.462 e. The van der Waals surface area contributed by atoms with E-state index in [0.717, 1.165) is 34.8 Å². The van der Waals surface area contributed by atoms with Crippen LogP contribution in [0.1, 0.15) is 62.0 Å². The lowest BCUT2D eigenvalue weighted by Gasteiger charge is -2.07. The summed E-state index contributed by atoms with van der Waals surface area (Å²) in [6.45, 7) is 8.36. The molecule has 0 aliphatic heterocycles. The molecule has 0 saturated heterocycles. The lowest BCUT2D eigenvalue weighted by atomic mass is 10.1. The van der Waals surface area contributed by atoms with Crippen molar-refractivity contribution in [2.75, 3.05) is 11.9 Å². The number of nitrogens with two attached hydrogens (primary N) is 1. The maximum Gasteiger partial charge on any atom is 0.341 e. The lowest BCUT2D eigenvalue weighted by molar-refractivity contribution is 0.0506. The van der Waals surface area contributed by atoms with E-state index >= 15 is 0 Å². The van der Waals surface area contributed by atoms with Gasteiger partial charge in [-0.05, 0) is 38.8 Å². The fourth-order valence-corrected chi connectivity index (χ4v) is 4.79. The number of thiophene rings is 1. The molecule has 35 heavy (non-hydrogen) atoms. The molecule has 4 aromatic rings. The van der Waals surface area contributed by atoms with E-state index in [0.29, 0.717) is 17.6 Å². The minimum atomic E-state index is -0.692. The average molecular weight is 496 g/mol. The molecule has 2 amide bonds. The summed E-state index contributed by atoms with van der Waals surface area (Å²) in [6, 6.07) is 3.35. The highest BCUT2D eigenvalue weighted by Gasteiger charge is 2.27. The molecule has 4 aromatic heterocycles. The number of nitrogens with zero attached hydrogens (tertiary/aromatic N) is 5. The van der Waals surface area contributed by atoms with Gasteiger partial charge in [-0.15, -0.1) is 11.3 Å². The number of aryl methyl sites for hydroxylation is 1. The molecule has 3 N–H and O–H groups in total. The third-order valence-corrected chi connectivity index (χ3v) is 6.73. The van der Waals surface area contributed by atoms with Crippen molar-refractivity contribution in [1.82, 2.24) is 24.4 Å². The minimum absolute atomic E-state index is 0.0880. The van der Waals surface area contributed by atoms with Crippen molar-refractivity contribution in [2.24, 2.45) is 5.73 Å². The molecule has 0 saturated carbocycles. The number of amides is 2. The van der Waals surface area contributed by atoms with Gasteiger partial charge in [0.05, 0.1) is 28.9 Å². The van der Waals surface area contributed by atoms with Crippen LogP contribution in [-0.4, -0.2) is 48.8 Å². The Kier molecular flexibility index (Phi) is 6.65. The van der Waals surface area contributed by atoms with E-state index < -0.39 is 17.8 Å². The Morgan fingerprint density at radius 3 is 2.66 bits per heavy atom. The standard InChI is InChI=1S/C23H25N7O4S/c1-5-9-34-23(33)18-12(3)19(20(24)31)35-22(18)27-21(32)15-10-17-25-8-7-16(30(17)28-15)14-11-26-29(6-2)13(14)4/h7-8,10-11H,5-6,9H2,1-4H3,(H2,24,31)(H,27,32). The number of carbonyl (C=O) groups is 3. The van der Waals surface area contributed by atoms with Gasteiger partial charge in [0.2, 0.25) is 0 Å². The van der Waals surface area contributed by atoms with E-state index in [4.69, 9.17) is 10.5 Å². The van der Waals surface area contributed by atoms with Gasteiger partial charge >= 0.3 is 5.97 Å². The first kappa shape index (κ1) is 24.1. The molecule has 12 heteroatoms. The molecule has 0 radical (unpaired) electrons. The Balaban J connectivity index is 1.71. The molecule has 11 nitrogen and oxygen atoms in total. The van der Waals surface area contributed by atoms with E-state index in [2.05, 4.69) is 20.5 Å². The first-order valence-electron chi connectivity index (χ1n) is 11.1. The van der Waals surface area contributed by atoms with E-state index in [1.54, 1.807) is 36.0 Å². The van der Waals surface area contributed by atoms with Gasteiger partial charge in [0.15, 0.2) is 11.3 Å². The van der Waals surface area contributed by atoms with Crippen molar-refractivity contribution in [2.45, 2.75) is 40.7 Å². The second-order valence-corrected chi connectivity index (χ2v) is 8.82. The molecule has 0 aromatic carbocycles. The number of anilines is 1. The predicted molar refractivity (Wildman–Crippen MR) is 131 cm³/mol. The topological polar surface area (TPSA) is 146 Å². The Morgan fingerprint density at radius 1 is 1.23 bits per heavy atom. The highest BCUT2D eigenvalue weighted by Crippen LogP contribution is 2.34. The average Bonchev–Trinajstić information content (AvgIpc) is 3.52. The van der Waals surface area contributed by atoms with Crippen molar-refractivity contribution in [3.8, 4) is 11.3 Å². The number of hydrogen-bond donors (Lipinski definition) is 2. The third kappa shape index (κ3) is 4.39. The van der Waals surface area contributed by atoms with Gasteiger partial charge in [0.1, 0.15) is 5.00 Å². The number of ether oxygens (including phenoxy) is 1. The van der Waals surface area contributed by atoms with Gasteiger partial charge in [0.25, 0.3) is 11.8 Å². The third-order valence-electron chi connectivity index (χ3n) is 5.51. The van der Waals surface area contributed by atoms with Crippen LogP contribution in [0.25, 0.3) is 16.9 Å². The fraction of sp³-hybridized carbons (Fsp3) is 0.304.